The lowest BCUT2D eigenvalue weighted by molar-refractivity contribution is 0.102. The van der Waals surface area contributed by atoms with Crippen molar-refractivity contribution >= 4 is 22.8 Å². The molecule has 0 unspecified atom stereocenters. The number of ether oxygens (including phenoxy) is 1. The van der Waals surface area contributed by atoms with E-state index in [1.54, 1.807) is 37.7 Å². The second-order valence-electron chi connectivity index (χ2n) is 5.46. The lowest BCUT2D eigenvalue weighted by atomic mass is 10.1. The number of nitrogens with one attached hydrogen (secondary N) is 3. The maximum absolute atomic E-state index is 12.4. The summed E-state index contributed by atoms with van der Waals surface area (Å²) in [6, 6.07) is 14.6. The number of rotatable bonds is 4. The average molecular weight is 333 g/mol. The number of imidazole rings is 1. The minimum atomic E-state index is -0.241. The molecule has 0 radical (unpaired) electrons. The van der Waals surface area contributed by atoms with Gasteiger partial charge in [0.05, 0.1) is 30.2 Å². The Kier molecular flexibility index (Phi) is 3.66. The molecule has 4 aromatic rings. The number of fused-ring (bicyclic) bond motifs is 1. The second kappa shape index (κ2) is 6.12. The number of carbonyl (C=O) groups is 1. The largest absolute Gasteiger partial charge is 0.496 e. The van der Waals surface area contributed by atoms with E-state index in [0.717, 1.165) is 28.0 Å². The van der Waals surface area contributed by atoms with Gasteiger partial charge in [0.2, 0.25) is 0 Å². The number of anilines is 1. The summed E-state index contributed by atoms with van der Waals surface area (Å²) in [4.78, 5) is 19.6. The highest BCUT2D eigenvalue weighted by Gasteiger charge is 2.12. The predicted octanol–water partition coefficient (Wildman–Crippen LogP) is 3.21. The van der Waals surface area contributed by atoms with Gasteiger partial charge in [-0.1, -0.05) is 12.1 Å². The predicted molar refractivity (Wildman–Crippen MR) is 94.6 cm³/mol. The van der Waals surface area contributed by atoms with E-state index < -0.39 is 0 Å². The van der Waals surface area contributed by atoms with Crippen LogP contribution in [0.15, 0.2) is 54.9 Å². The van der Waals surface area contributed by atoms with E-state index in [-0.39, 0.29) is 5.91 Å². The third-order valence-corrected chi connectivity index (χ3v) is 3.90. The van der Waals surface area contributed by atoms with Gasteiger partial charge in [-0.05, 0) is 30.3 Å². The van der Waals surface area contributed by atoms with E-state index in [9.17, 15) is 4.79 Å². The molecule has 3 N–H and O–H groups in total. The van der Waals surface area contributed by atoms with E-state index in [2.05, 4.69) is 25.5 Å². The van der Waals surface area contributed by atoms with Gasteiger partial charge in [-0.15, -0.1) is 0 Å². The van der Waals surface area contributed by atoms with Gasteiger partial charge >= 0.3 is 0 Å². The molecule has 0 saturated carbocycles. The summed E-state index contributed by atoms with van der Waals surface area (Å²) in [5, 5.41) is 9.86. The molecule has 124 valence electrons. The number of nitrogens with zero attached hydrogens (tertiary/aromatic N) is 2. The molecule has 1 amide bonds. The van der Waals surface area contributed by atoms with Crippen LogP contribution >= 0.6 is 0 Å². The Morgan fingerprint density at radius 2 is 2.04 bits per heavy atom. The first kappa shape index (κ1) is 14.9. The zero-order chi connectivity index (χ0) is 17.2. The van der Waals surface area contributed by atoms with E-state index in [1.165, 1.54) is 0 Å². The zero-order valence-corrected chi connectivity index (χ0v) is 13.4. The quantitative estimate of drug-likeness (QED) is 0.534. The molecule has 2 aromatic heterocycles. The van der Waals surface area contributed by atoms with Crippen molar-refractivity contribution in [2.24, 2.45) is 0 Å². The third-order valence-electron chi connectivity index (χ3n) is 3.90. The van der Waals surface area contributed by atoms with Crippen LogP contribution in [0.25, 0.3) is 22.3 Å². The summed E-state index contributed by atoms with van der Waals surface area (Å²) in [5.74, 6) is 0.930. The molecule has 0 aliphatic carbocycles. The SMILES string of the molecule is COc1ccccc1-c1cc(NC(=O)c2ccc3nc[nH]c3c2)n[nH]1. The van der Waals surface area contributed by atoms with Crippen LogP contribution in [0.3, 0.4) is 0 Å². The maximum atomic E-state index is 12.4. The molecule has 0 saturated heterocycles. The smallest absolute Gasteiger partial charge is 0.256 e. The minimum absolute atomic E-state index is 0.241. The number of hydrogen-bond donors (Lipinski definition) is 3. The van der Waals surface area contributed by atoms with Gasteiger partial charge < -0.3 is 15.0 Å². The molecule has 7 heteroatoms. The summed E-state index contributed by atoms with van der Waals surface area (Å²) < 4.78 is 5.35. The van der Waals surface area contributed by atoms with Gasteiger partial charge in [0.1, 0.15) is 5.75 Å². The van der Waals surface area contributed by atoms with Crippen LogP contribution in [0, 0.1) is 0 Å². The van der Waals surface area contributed by atoms with Crippen LogP contribution in [0.4, 0.5) is 5.82 Å². The zero-order valence-electron chi connectivity index (χ0n) is 13.4. The molecule has 25 heavy (non-hydrogen) atoms. The molecule has 0 spiro atoms. The van der Waals surface area contributed by atoms with Crippen LogP contribution in [-0.2, 0) is 0 Å². The van der Waals surface area contributed by atoms with Crippen molar-refractivity contribution in [2.75, 3.05) is 12.4 Å². The maximum Gasteiger partial charge on any atom is 0.256 e. The Morgan fingerprint density at radius 3 is 2.92 bits per heavy atom. The van der Waals surface area contributed by atoms with Crippen molar-refractivity contribution < 1.29 is 9.53 Å². The fourth-order valence-corrected chi connectivity index (χ4v) is 2.66. The molecule has 0 atom stereocenters. The molecular formula is C18H15N5O2. The summed E-state index contributed by atoms with van der Waals surface area (Å²) >= 11 is 0. The molecule has 4 rings (SSSR count). The first-order valence-electron chi connectivity index (χ1n) is 7.68. The van der Waals surface area contributed by atoms with Crippen LogP contribution < -0.4 is 10.1 Å². The highest BCUT2D eigenvalue weighted by molar-refractivity contribution is 6.05. The van der Waals surface area contributed by atoms with Gasteiger partial charge in [-0.3, -0.25) is 9.89 Å². The highest BCUT2D eigenvalue weighted by Crippen LogP contribution is 2.29. The number of amides is 1. The van der Waals surface area contributed by atoms with Gasteiger partial charge in [0.25, 0.3) is 5.91 Å². The number of para-hydroxylation sites is 1. The number of H-pyrrole nitrogens is 2. The molecule has 0 bridgehead atoms. The second-order valence-corrected chi connectivity index (χ2v) is 5.46. The van der Waals surface area contributed by atoms with Crippen molar-refractivity contribution in [2.45, 2.75) is 0 Å². The molecule has 2 aromatic carbocycles. The van der Waals surface area contributed by atoms with Gasteiger partial charge in [0.15, 0.2) is 5.82 Å². The van der Waals surface area contributed by atoms with Gasteiger partial charge in [-0.2, -0.15) is 5.10 Å². The van der Waals surface area contributed by atoms with Crippen molar-refractivity contribution in [3.05, 3.63) is 60.4 Å². The Bertz CT molecular complexity index is 1050. The highest BCUT2D eigenvalue weighted by atomic mass is 16.5. The van der Waals surface area contributed by atoms with Crippen molar-refractivity contribution in [1.29, 1.82) is 0 Å². The number of hydrogen-bond acceptors (Lipinski definition) is 4. The van der Waals surface area contributed by atoms with Gasteiger partial charge in [0, 0.05) is 17.2 Å². The van der Waals surface area contributed by atoms with Crippen molar-refractivity contribution in [3.8, 4) is 17.0 Å². The van der Waals surface area contributed by atoms with Crippen LogP contribution in [0.5, 0.6) is 5.75 Å². The summed E-state index contributed by atoms with van der Waals surface area (Å²) in [6.45, 7) is 0. The lowest BCUT2D eigenvalue weighted by Crippen LogP contribution is -2.12. The third kappa shape index (κ3) is 2.83. The Balaban J connectivity index is 1.57. The molecule has 0 fully saturated rings. The summed E-state index contributed by atoms with van der Waals surface area (Å²) in [5.41, 5.74) is 3.78. The molecule has 0 aliphatic heterocycles. The first-order chi connectivity index (χ1) is 12.2. The number of methoxy groups -OCH3 is 1. The minimum Gasteiger partial charge on any atom is -0.496 e. The van der Waals surface area contributed by atoms with E-state index in [0.29, 0.717) is 11.4 Å². The normalized spacial score (nSPS) is 10.8. The summed E-state index contributed by atoms with van der Waals surface area (Å²) in [7, 11) is 1.61. The molecule has 2 heterocycles. The Hall–Kier alpha value is -3.61. The molecule has 0 aliphatic rings. The van der Waals surface area contributed by atoms with Crippen molar-refractivity contribution in [1.82, 2.24) is 20.2 Å². The number of aromatic nitrogens is 4. The van der Waals surface area contributed by atoms with Crippen LogP contribution in [0.1, 0.15) is 10.4 Å². The molecule has 7 nitrogen and oxygen atoms in total. The van der Waals surface area contributed by atoms with Gasteiger partial charge in [-0.25, -0.2) is 4.98 Å². The molecular weight excluding hydrogens is 318 g/mol. The van der Waals surface area contributed by atoms with E-state index in [4.69, 9.17) is 4.74 Å². The fraction of sp³-hybridized carbons (Fsp3) is 0.0556. The average Bonchev–Trinajstić information content (AvgIpc) is 3.30. The monoisotopic (exact) mass is 333 g/mol. The first-order valence-corrected chi connectivity index (χ1v) is 7.68. The lowest BCUT2D eigenvalue weighted by Gasteiger charge is -2.05. The number of benzene rings is 2. The van der Waals surface area contributed by atoms with Crippen molar-refractivity contribution in [3.63, 3.8) is 0 Å². The van der Waals surface area contributed by atoms with Crippen LogP contribution in [0.2, 0.25) is 0 Å². The van der Waals surface area contributed by atoms with Crippen LogP contribution in [-0.4, -0.2) is 33.2 Å². The van der Waals surface area contributed by atoms with E-state index >= 15 is 0 Å². The Labute approximate surface area is 143 Å². The number of carbonyl (C=O) groups excluding carboxylic acids is 1. The topological polar surface area (TPSA) is 95.7 Å². The summed E-state index contributed by atoms with van der Waals surface area (Å²) in [6.07, 6.45) is 1.60. The Morgan fingerprint density at radius 1 is 1.16 bits per heavy atom. The standard InChI is InChI=1S/C18H15N5O2/c1-25-16-5-3-2-4-12(16)14-9-17(23-22-14)21-18(24)11-6-7-13-15(8-11)20-10-19-13/h2-10H,1H3,(H,19,20)(H2,21,22,23,24). The fourth-order valence-electron chi connectivity index (χ4n) is 2.66. The van der Waals surface area contributed by atoms with E-state index in [1.807, 2.05) is 24.3 Å². The number of aromatic amines is 2.